The van der Waals surface area contributed by atoms with Crippen molar-refractivity contribution in [3.8, 4) is 6.07 Å². The minimum Gasteiger partial charge on any atom is -0.397 e. The van der Waals surface area contributed by atoms with Crippen LogP contribution in [0.1, 0.15) is 25.3 Å². The van der Waals surface area contributed by atoms with Gasteiger partial charge in [-0.2, -0.15) is 5.26 Å². The zero-order valence-electron chi connectivity index (χ0n) is 10.6. The van der Waals surface area contributed by atoms with Crippen LogP contribution in [0.2, 0.25) is 0 Å². The number of ether oxygens (including phenoxy) is 1. The van der Waals surface area contributed by atoms with Crippen LogP contribution in [0.4, 0.5) is 11.4 Å². The molecule has 1 aromatic carbocycles. The van der Waals surface area contributed by atoms with Crippen molar-refractivity contribution in [2.45, 2.75) is 25.8 Å². The van der Waals surface area contributed by atoms with E-state index in [4.69, 9.17) is 15.7 Å². The number of nitrogens with zero attached hydrogens (tertiary/aromatic N) is 1. The number of nitrogen functional groups attached to an aromatic ring is 1. The maximum atomic E-state index is 8.80. The molecule has 1 aliphatic heterocycles. The Morgan fingerprint density at radius 2 is 2.17 bits per heavy atom. The average molecular weight is 245 g/mol. The minimum absolute atomic E-state index is 0.365. The van der Waals surface area contributed by atoms with E-state index in [0.29, 0.717) is 23.2 Å². The maximum absolute atomic E-state index is 8.80. The van der Waals surface area contributed by atoms with Gasteiger partial charge in [0.05, 0.1) is 23.0 Å². The van der Waals surface area contributed by atoms with Gasteiger partial charge < -0.3 is 15.8 Å². The highest BCUT2D eigenvalue weighted by molar-refractivity contribution is 5.68. The lowest BCUT2D eigenvalue weighted by atomic mass is 9.92. The second-order valence-corrected chi connectivity index (χ2v) is 4.80. The Bertz CT molecular complexity index is 447. The smallest absolute Gasteiger partial charge is 0.0992 e. The molecule has 0 bridgehead atoms. The zero-order chi connectivity index (χ0) is 13.0. The molecule has 0 amide bonds. The summed E-state index contributed by atoms with van der Waals surface area (Å²) in [6.07, 6.45) is 2.18. The second-order valence-electron chi connectivity index (χ2n) is 4.80. The van der Waals surface area contributed by atoms with Crippen molar-refractivity contribution >= 4 is 11.4 Å². The number of hydrogen-bond donors (Lipinski definition) is 2. The molecule has 1 saturated heterocycles. The van der Waals surface area contributed by atoms with Crippen LogP contribution >= 0.6 is 0 Å². The van der Waals surface area contributed by atoms with Crippen molar-refractivity contribution in [1.82, 2.24) is 0 Å². The summed E-state index contributed by atoms with van der Waals surface area (Å²) in [7, 11) is 0. The summed E-state index contributed by atoms with van der Waals surface area (Å²) in [5, 5.41) is 12.2. The molecule has 1 fully saturated rings. The van der Waals surface area contributed by atoms with Gasteiger partial charge in [-0.05, 0) is 43.9 Å². The summed E-state index contributed by atoms with van der Waals surface area (Å²) in [5.74, 6) is 0.619. The number of nitriles is 1. The Labute approximate surface area is 108 Å². The molecule has 1 unspecified atom stereocenters. The molecule has 18 heavy (non-hydrogen) atoms. The Kier molecular flexibility index (Phi) is 4.06. The maximum Gasteiger partial charge on any atom is 0.0992 e. The fourth-order valence-electron chi connectivity index (χ4n) is 2.34. The molecule has 1 atom stereocenters. The van der Waals surface area contributed by atoms with Gasteiger partial charge in [-0.1, -0.05) is 0 Å². The fraction of sp³-hybridized carbons (Fsp3) is 0.500. The van der Waals surface area contributed by atoms with Crippen LogP contribution in [0.15, 0.2) is 18.2 Å². The lowest BCUT2D eigenvalue weighted by molar-refractivity contribution is 0.0622. The van der Waals surface area contributed by atoms with E-state index in [0.717, 1.165) is 31.7 Å². The van der Waals surface area contributed by atoms with Crippen molar-refractivity contribution in [3.63, 3.8) is 0 Å². The average Bonchev–Trinajstić information content (AvgIpc) is 2.42. The van der Waals surface area contributed by atoms with Gasteiger partial charge in [0, 0.05) is 19.3 Å². The molecule has 0 radical (unpaired) electrons. The molecule has 96 valence electrons. The summed E-state index contributed by atoms with van der Waals surface area (Å²) in [4.78, 5) is 0. The summed E-state index contributed by atoms with van der Waals surface area (Å²) in [6.45, 7) is 3.87. The van der Waals surface area contributed by atoms with Crippen molar-refractivity contribution in [2.75, 3.05) is 24.3 Å². The van der Waals surface area contributed by atoms with E-state index in [1.807, 2.05) is 6.07 Å². The first-order valence-electron chi connectivity index (χ1n) is 6.34. The van der Waals surface area contributed by atoms with E-state index in [-0.39, 0.29) is 0 Å². The monoisotopic (exact) mass is 245 g/mol. The lowest BCUT2D eigenvalue weighted by Gasteiger charge is -2.29. The number of benzene rings is 1. The topological polar surface area (TPSA) is 71.1 Å². The third-order valence-electron chi connectivity index (χ3n) is 3.54. The Balaban J connectivity index is 2.02. The molecule has 1 aliphatic rings. The quantitative estimate of drug-likeness (QED) is 0.802. The summed E-state index contributed by atoms with van der Waals surface area (Å²) >= 11 is 0. The van der Waals surface area contributed by atoms with Gasteiger partial charge in [-0.3, -0.25) is 0 Å². The van der Waals surface area contributed by atoms with Gasteiger partial charge in [-0.25, -0.2) is 0 Å². The Hall–Kier alpha value is -1.73. The predicted octanol–water partition coefficient (Wildman–Crippen LogP) is 2.37. The van der Waals surface area contributed by atoms with E-state index in [2.05, 4.69) is 18.3 Å². The first kappa shape index (κ1) is 12.7. The van der Waals surface area contributed by atoms with E-state index in [1.54, 1.807) is 12.1 Å². The molecule has 4 heteroatoms. The van der Waals surface area contributed by atoms with Gasteiger partial charge in [0.15, 0.2) is 0 Å². The van der Waals surface area contributed by atoms with E-state index in [9.17, 15) is 0 Å². The summed E-state index contributed by atoms with van der Waals surface area (Å²) in [6, 6.07) is 7.83. The standard InChI is InChI=1S/C14H19N3O/c1-10(12-4-6-18-7-5-12)17-14-3-2-11(9-15)8-13(14)16/h2-3,8,10,12,17H,4-7,16H2,1H3. The predicted molar refractivity (Wildman–Crippen MR) is 72.2 cm³/mol. The summed E-state index contributed by atoms with van der Waals surface area (Å²) in [5.41, 5.74) is 8.07. The molecule has 1 heterocycles. The molecule has 3 N–H and O–H groups in total. The van der Waals surface area contributed by atoms with E-state index in [1.165, 1.54) is 0 Å². The molecule has 0 saturated carbocycles. The second kappa shape index (κ2) is 5.74. The van der Waals surface area contributed by atoms with E-state index >= 15 is 0 Å². The summed E-state index contributed by atoms with van der Waals surface area (Å²) < 4.78 is 5.37. The molecule has 2 rings (SSSR count). The molecule has 1 aromatic rings. The molecular weight excluding hydrogens is 226 g/mol. The number of hydrogen-bond acceptors (Lipinski definition) is 4. The zero-order valence-corrected chi connectivity index (χ0v) is 10.6. The molecule has 0 aromatic heterocycles. The van der Waals surface area contributed by atoms with Crippen molar-refractivity contribution in [1.29, 1.82) is 5.26 Å². The van der Waals surface area contributed by atoms with Crippen molar-refractivity contribution in [2.24, 2.45) is 5.92 Å². The van der Waals surface area contributed by atoms with Crippen LogP contribution in [-0.4, -0.2) is 19.3 Å². The third kappa shape index (κ3) is 2.93. The Morgan fingerprint density at radius 1 is 1.44 bits per heavy atom. The van der Waals surface area contributed by atoms with Gasteiger partial charge in [0.2, 0.25) is 0 Å². The van der Waals surface area contributed by atoms with Crippen LogP contribution in [0, 0.1) is 17.2 Å². The number of nitrogens with one attached hydrogen (secondary N) is 1. The SMILES string of the molecule is CC(Nc1ccc(C#N)cc1N)C1CCOCC1. The fourth-order valence-corrected chi connectivity index (χ4v) is 2.34. The molecule has 0 aliphatic carbocycles. The van der Waals surface area contributed by atoms with Crippen molar-refractivity contribution < 1.29 is 4.74 Å². The first-order chi connectivity index (χ1) is 8.70. The number of anilines is 2. The lowest BCUT2D eigenvalue weighted by Crippen LogP contribution is -2.31. The van der Waals surface area contributed by atoms with Crippen molar-refractivity contribution in [3.05, 3.63) is 23.8 Å². The highest BCUT2D eigenvalue weighted by atomic mass is 16.5. The molecule has 4 nitrogen and oxygen atoms in total. The van der Waals surface area contributed by atoms with Gasteiger partial charge in [0.25, 0.3) is 0 Å². The normalized spacial score (nSPS) is 18.0. The van der Waals surface area contributed by atoms with Crippen LogP contribution in [-0.2, 0) is 4.74 Å². The van der Waals surface area contributed by atoms with Crippen LogP contribution in [0.25, 0.3) is 0 Å². The third-order valence-corrected chi connectivity index (χ3v) is 3.54. The minimum atomic E-state index is 0.365. The highest BCUT2D eigenvalue weighted by Gasteiger charge is 2.20. The molecule has 0 spiro atoms. The van der Waals surface area contributed by atoms with Gasteiger partial charge >= 0.3 is 0 Å². The van der Waals surface area contributed by atoms with Gasteiger partial charge in [-0.15, -0.1) is 0 Å². The first-order valence-corrected chi connectivity index (χ1v) is 6.34. The van der Waals surface area contributed by atoms with Gasteiger partial charge in [0.1, 0.15) is 0 Å². The number of nitrogens with two attached hydrogens (primary N) is 1. The van der Waals surface area contributed by atoms with Crippen LogP contribution < -0.4 is 11.1 Å². The largest absolute Gasteiger partial charge is 0.397 e. The van der Waals surface area contributed by atoms with E-state index < -0.39 is 0 Å². The van der Waals surface area contributed by atoms with Crippen LogP contribution in [0.5, 0.6) is 0 Å². The Morgan fingerprint density at radius 3 is 2.78 bits per heavy atom. The highest BCUT2D eigenvalue weighted by Crippen LogP contribution is 2.25. The van der Waals surface area contributed by atoms with Crippen LogP contribution in [0.3, 0.4) is 0 Å². The number of rotatable bonds is 3. The molecular formula is C14H19N3O.